The predicted octanol–water partition coefficient (Wildman–Crippen LogP) is 0.653. The highest BCUT2D eigenvalue weighted by Gasteiger charge is 2.14. The molecule has 1 aromatic carbocycles. The minimum absolute atomic E-state index is 0.0659. The van der Waals surface area contributed by atoms with Gasteiger partial charge in [0.05, 0.1) is 16.6 Å². The normalized spacial score (nSPS) is 11.0. The van der Waals surface area contributed by atoms with Gasteiger partial charge in [0.2, 0.25) is 5.89 Å². The number of H-pyrrole nitrogens is 1. The lowest BCUT2D eigenvalue weighted by molar-refractivity contribution is 0.0699. The number of aryl methyl sites for hydroxylation is 2. The third-order valence-corrected chi connectivity index (χ3v) is 3.00. The van der Waals surface area contributed by atoms with Crippen LogP contribution >= 0.6 is 0 Å². The topological polar surface area (TPSA) is 114 Å². The molecule has 0 radical (unpaired) electrons. The first-order chi connectivity index (χ1) is 9.66. The Morgan fingerprint density at radius 1 is 1.45 bits per heavy atom. The quantitative estimate of drug-likeness (QED) is 0.722. The molecule has 0 aliphatic carbocycles. The van der Waals surface area contributed by atoms with Crippen LogP contribution in [0.5, 0.6) is 0 Å². The number of para-hydroxylation sites is 1. The first-order valence-corrected chi connectivity index (χ1v) is 5.87. The van der Waals surface area contributed by atoms with Gasteiger partial charge in [-0.05, 0) is 12.1 Å². The molecule has 0 fully saturated rings. The van der Waals surface area contributed by atoms with Crippen molar-refractivity contribution < 1.29 is 14.4 Å². The highest BCUT2D eigenvalue weighted by atomic mass is 16.5. The van der Waals surface area contributed by atoms with Gasteiger partial charge in [0.1, 0.15) is 0 Å². The molecule has 3 aromatic rings. The first-order valence-electron chi connectivity index (χ1n) is 5.87. The largest absolute Gasteiger partial charge is 0.478 e. The Morgan fingerprint density at radius 2 is 2.30 bits per heavy atom. The van der Waals surface area contributed by atoms with Gasteiger partial charge in [0.25, 0.3) is 0 Å². The molecule has 0 unspecified atom stereocenters. The van der Waals surface area contributed by atoms with Crippen LogP contribution in [0, 0.1) is 0 Å². The Hall–Kier alpha value is -2.90. The summed E-state index contributed by atoms with van der Waals surface area (Å²) in [5.74, 6) is -0.665. The van der Waals surface area contributed by atoms with E-state index in [1.54, 1.807) is 12.1 Å². The standard InChI is InChI=1S/C12H10N4O4/c17-11(18)7-2-1-3-8-10(7)15-12(19)16(8)5-4-9-13-6-14-20-9/h1-3,6H,4-5H2,(H,15,19)(H,17,18). The number of hydrogen-bond donors (Lipinski definition) is 2. The first kappa shape index (κ1) is 12.2. The van der Waals surface area contributed by atoms with Gasteiger partial charge in [-0.25, -0.2) is 9.59 Å². The maximum Gasteiger partial charge on any atom is 0.337 e. The Balaban J connectivity index is 2.03. The second-order valence-electron chi connectivity index (χ2n) is 4.17. The highest BCUT2D eigenvalue weighted by Crippen LogP contribution is 2.15. The van der Waals surface area contributed by atoms with Crippen molar-refractivity contribution in [2.75, 3.05) is 0 Å². The van der Waals surface area contributed by atoms with E-state index >= 15 is 0 Å². The fourth-order valence-corrected chi connectivity index (χ4v) is 2.09. The van der Waals surface area contributed by atoms with E-state index < -0.39 is 5.97 Å². The van der Waals surface area contributed by atoms with Gasteiger partial charge in [0.15, 0.2) is 6.33 Å². The highest BCUT2D eigenvalue weighted by molar-refractivity contribution is 6.00. The third kappa shape index (κ3) is 1.96. The number of imidazole rings is 1. The van der Waals surface area contributed by atoms with Crippen molar-refractivity contribution in [2.24, 2.45) is 0 Å². The van der Waals surface area contributed by atoms with Gasteiger partial charge in [-0.1, -0.05) is 11.2 Å². The molecular weight excluding hydrogens is 264 g/mol. The molecule has 8 heteroatoms. The van der Waals surface area contributed by atoms with Crippen molar-refractivity contribution in [1.82, 2.24) is 19.7 Å². The van der Waals surface area contributed by atoms with Crippen molar-refractivity contribution in [3.63, 3.8) is 0 Å². The van der Waals surface area contributed by atoms with E-state index in [4.69, 9.17) is 9.63 Å². The summed E-state index contributed by atoms with van der Waals surface area (Å²) in [6, 6.07) is 4.73. The van der Waals surface area contributed by atoms with Gasteiger partial charge < -0.3 is 14.6 Å². The molecule has 20 heavy (non-hydrogen) atoms. The lowest BCUT2D eigenvalue weighted by Gasteiger charge is -2.01. The molecule has 2 N–H and O–H groups in total. The maximum atomic E-state index is 11.9. The van der Waals surface area contributed by atoms with Crippen molar-refractivity contribution >= 4 is 17.0 Å². The van der Waals surface area contributed by atoms with Crippen molar-refractivity contribution in [1.29, 1.82) is 0 Å². The van der Waals surface area contributed by atoms with Crippen molar-refractivity contribution in [3.8, 4) is 0 Å². The zero-order valence-corrected chi connectivity index (χ0v) is 10.2. The maximum absolute atomic E-state index is 11.9. The van der Waals surface area contributed by atoms with Crippen LogP contribution < -0.4 is 5.69 Å². The van der Waals surface area contributed by atoms with Crippen LogP contribution in [0.25, 0.3) is 11.0 Å². The fourth-order valence-electron chi connectivity index (χ4n) is 2.09. The van der Waals surface area contributed by atoms with Crippen LogP contribution in [0.2, 0.25) is 0 Å². The number of carboxylic acid groups (broad SMARTS) is 1. The molecule has 0 spiro atoms. The number of hydrogen-bond acceptors (Lipinski definition) is 5. The van der Waals surface area contributed by atoms with Crippen LogP contribution in [0.1, 0.15) is 16.2 Å². The van der Waals surface area contributed by atoms with E-state index in [0.717, 1.165) is 0 Å². The molecule has 8 nitrogen and oxygen atoms in total. The summed E-state index contributed by atoms with van der Waals surface area (Å²) in [5.41, 5.74) is 0.550. The van der Waals surface area contributed by atoms with Gasteiger partial charge in [-0.15, -0.1) is 0 Å². The van der Waals surface area contributed by atoms with Crippen molar-refractivity contribution in [3.05, 3.63) is 46.5 Å². The fraction of sp³-hybridized carbons (Fsp3) is 0.167. The zero-order chi connectivity index (χ0) is 14.1. The Kier molecular flexibility index (Phi) is 2.82. The summed E-state index contributed by atoms with van der Waals surface area (Å²) >= 11 is 0. The molecule has 0 saturated carbocycles. The number of fused-ring (bicyclic) bond motifs is 1. The van der Waals surface area contributed by atoms with Crippen LogP contribution in [-0.4, -0.2) is 30.8 Å². The van der Waals surface area contributed by atoms with Gasteiger partial charge in [-0.3, -0.25) is 4.57 Å². The summed E-state index contributed by atoms with van der Waals surface area (Å²) in [6.07, 6.45) is 1.68. The second kappa shape index (κ2) is 4.65. The van der Waals surface area contributed by atoms with E-state index in [2.05, 4.69) is 15.1 Å². The number of aromatic carboxylic acids is 1. The Labute approximate surface area is 111 Å². The smallest absolute Gasteiger partial charge is 0.337 e. The third-order valence-electron chi connectivity index (χ3n) is 3.00. The average Bonchev–Trinajstić information content (AvgIpc) is 3.02. The predicted molar refractivity (Wildman–Crippen MR) is 67.5 cm³/mol. The second-order valence-corrected chi connectivity index (χ2v) is 4.17. The number of rotatable bonds is 4. The summed E-state index contributed by atoms with van der Waals surface area (Å²) < 4.78 is 6.32. The lowest BCUT2D eigenvalue weighted by Crippen LogP contribution is -2.17. The van der Waals surface area contributed by atoms with Crippen LogP contribution in [0.4, 0.5) is 0 Å². The molecule has 3 rings (SSSR count). The molecule has 0 atom stereocenters. The van der Waals surface area contributed by atoms with E-state index in [-0.39, 0.29) is 11.3 Å². The minimum Gasteiger partial charge on any atom is -0.478 e. The lowest BCUT2D eigenvalue weighted by atomic mass is 10.2. The number of aromatic nitrogens is 4. The molecule has 0 bridgehead atoms. The number of carboxylic acids is 1. The molecular formula is C12H10N4O4. The molecule has 2 aromatic heterocycles. The van der Waals surface area contributed by atoms with Gasteiger partial charge in [-0.2, -0.15) is 4.98 Å². The summed E-state index contributed by atoms with van der Waals surface area (Å²) in [4.78, 5) is 29.5. The summed E-state index contributed by atoms with van der Waals surface area (Å²) in [7, 11) is 0. The van der Waals surface area contributed by atoms with E-state index in [9.17, 15) is 9.59 Å². The number of nitrogens with zero attached hydrogens (tertiary/aromatic N) is 3. The number of carbonyl (C=O) groups is 1. The van der Waals surface area contributed by atoms with Gasteiger partial charge >= 0.3 is 11.7 Å². The van der Waals surface area contributed by atoms with Gasteiger partial charge in [0, 0.05) is 13.0 Å². The molecule has 0 saturated heterocycles. The van der Waals surface area contributed by atoms with Crippen LogP contribution in [0.3, 0.4) is 0 Å². The van der Waals surface area contributed by atoms with Crippen molar-refractivity contribution in [2.45, 2.75) is 13.0 Å². The molecule has 2 heterocycles. The SMILES string of the molecule is O=C(O)c1cccc2c1[nH]c(=O)n2CCc1ncno1. The molecule has 0 aliphatic rings. The summed E-state index contributed by atoms with van der Waals surface area (Å²) in [5, 5.41) is 12.6. The van der Waals surface area contributed by atoms with E-state index in [1.165, 1.54) is 17.0 Å². The zero-order valence-electron chi connectivity index (χ0n) is 10.2. The molecule has 0 amide bonds. The van der Waals surface area contributed by atoms with E-state index in [0.29, 0.717) is 29.9 Å². The average molecular weight is 274 g/mol. The summed E-state index contributed by atoms with van der Waals surface area (Å²) in [6.45, 7) is 0.324. The number of benzene rings is 1. The van der Waals surface area contributed by atoms with E-state index in [1.807, 2.05) is 0 Å². The molecule has 102 valence electrons. The van der Waals surface area contributed by atoms with Crippen LogP contribution in [0.15, 0.2) is 33.8 Å². The molecule has 0 aliphatic heterocycles. The monoisotopic (exact) mass is 274 g/mol. The minimum atomic E-state index is -1.08. The Morgan fingerprint density at radius 3 is 3.00 bits per heavy atom. The Bertz CT molecular complexity index is 816. The van der Waals surface area contributed by atoms with Crippen LogP contribution in [-0.2, 0) is 13.0 Å². The number of nitrogens with one attached hydrogen (secondary N) is 1. The number of aromatic amines is 1.